The molecule has 0 spiro atoms. The average molecular weight is 478 g/mol. The van der Waals surface area contributed by atoms with Gasteiger partial charge in [0.2, 0.25) is 0 Å². The van der Waals surface area contributed by atoms with Crippen LogP contribution in [0.3, 0.4) is 0 Å². The van der Waals surface area contributed by atoms with E-state index in [9.17, 15) is 0 Å². The molecule has 1 aromatic heterocycles. The number of hydrogen-bond donors (Lipinski definition) is 1. The van der Waals surface area contributed by atoms with E-state index in [1.54, 1.807) is 6.26 Å². The third kappa shape index (κ3) is 6.42. The van der Waals surface area contributed by atoms with Crippen molar-refractivity contribution >= 4 is 29.9 Å². The Morgan fingerprint density at radius 3 is 2.54 bits per heavy atom. The topological polar surface area (TPSA) is 53.2 Å². The summed E-state index contributed by atoms with van der Waals surface area (Å²) in [7, 11) is 1.86. The predicted octanol–water partition coefficient (Wildman–Crippen LogP) is 3.36. The van der Waals surface area contributed by atoms with Gasteiger partial charge in [-0.15, -0.1) is 24.0 Å². The van der Waals surface area contributed by atoms with E-state index >= 15 is 0 Å². The number of rotatable bonds is 8. The van der Waals surface area contributed by atoms with Crippen LogP contribution in [0.15, 0.2) is 27.8 Å². The highest BCUT2D eigenvalue weighted by atomic mass is 127. The van der Waals surface area contributed by atoms with Crippen LogP contribution in [0.1, 0.15) is 45.4 Å². The number of nitrogens with one attached hydrogen (secondary N) is 1. The second-order valence-corrected chi connectivity index (χ2v) is 6.32. The predicted molar refractivity (Wildman–Crippen MR) is 117 cm³/mol. The first-order valence-electron chi connectivity index (χ1n) is 9.58. The fraction of sp³-hybridized carbons (Fsp3) is 0.737. The molecule has 1 unspecified atom stereocenters. The van der Waals surface area contributed by atoms with Crippen molar-refractivity contribution in [1.82, 2.24) is 15.1 Å². The van der Waals surface area contributed by atoms with Crippen molar-refractivity contribution < 1.29 is 9.15 Å². The van der Waals surface area contributed by atoms with Crippen LogP contribution in [-0.4, -0.2) is 68.2 Å². The molecule has 1 atom stereocenters. The molecule has 0 amide bonds. The Kier molecular flexibility index (Phi) is 11.2. The Labute approximate surface area is 175 Å². The van der Waals surface area contributed by atoms with Crippen molar-refractivity contribution in [2.45, 2.75) is 45.8 Å². The molecule has 7 heteroatoms. The number of aliphatic imine (C=N–C) groups is 1. The summed E-state index contributed by atoms with van der Waals surface area (Å²) < 4.78 is 11.4. The van der Waals surface area contributed by atoms with Crippen molar-refractivity contribution in [2.24, 2.45) is 4.99 Å². The van der Waals surface area contributed by atoms with E-state index in [0.29, 0.717) is 6.10 Å². The molecule has 0 aliphatic carbocycles. The van der Waals surface area contributed by atoms with Gasteiger partial charge in [-0.1, -0.05) is 13.8 Å². The van der Waals surface area contributed by atoms with Gasteiger partial charge in [-0.2, -0.15) is 0 Å². The third-order valence-electron chi connectivity index (χ3n) is 4.93. The molecule has 150 valence electrons. The molecular formula is C19H35IN4O2. The minimum absolute atomic E-state index is 0. The minimum atomic E-state index is 0. The van der Waals surface area contributed by atoms with Gasteiger partial charge in [0.15, 0.2) is 5.96 Å². The van der Waals surface area contributed by atoms with Gasteiger partial charge in [-0.25, -0.2) is 0 Å². The minimum Gasteiger partial charge on any atom is -0.468 e. The molecule has 0 bridgehead atoms. The Morgan fingerprint density at radius 1 is 1.35 bits per heavy atom. The molecule has 26 heavy (non-hydrogen) atoms. The lowest BCUT2D eigenvalue weighted by molar-refractivity contribution is 0.0263. The number of likely N-dealkylation sites (N-methyl/N-ethyl adjacent to an activating group) is 1. The SMILES string of the molecule is CCOC1CCN(C(=NC)NCC(c2ccco2)N(CC)CC)CC1.I. The van der Waals surface area contributed by atoms with Gasteiger partial charge < -0.3 is 19.4 Å². The van der Waals surface area contributed by atoms with Crippen LogP contribution in [0.5, 0.6) is 0 Å². The largest absolute Gasteiger partial charge is 0.468 e. The maximum atomic E-state index is 5.75. The Bertz CT molecular complexity index is 498. The van der Waals surface area contributed by atoms with Crippen molar-refractivity contribution in [3.8, 4) is 0 Å². The zero-order valence-corrected chi connectivity index (χ0v) is 18.9. The van der Waals surface area contributed by atoms with Gasteiger partial charge in [0, 0.05) is 33.3 Å². The summed E-state index contributed by atoms with van der Waals surface area (Å²) in [6.45, 7) is 12.0. The number of furan rings is 1. The van der Waals surface area contributed by atoms with Crippen LogP contribution in [0.25, 0.3) is 0 Å². The zero-order chi connectivity index (χ0) is 18.1. The molecule has 6 nitrogen and oxygen atoms in total. The summed E-state index contributed by atoms with van der Waals surface area (Å²) in [4.78, 5) is 9.22. The summed E-state index contributed by atoms with van der Waals surface area (Å²) in [6, 6.07) is 4.22. The highest BCUT2D eigenvalue weighted by Gasteiger charge is 2.24. The molecule has 1 aliphatic heterocycles. The molecule has 1 fully saturated rings. The van der Waals surface area contributed by atoms with Crippen LogP contribution < -0.4 is 5.32 Å². The molecule has 0 aromatic carbocycles. The van der Waals surface area contributed by atoms with Crippen LogP contribution in [-0.2, 0) is 4.74 Å². The van der Waals surface area contributed by atoms with Gasteiger partial charge in [-0.3, -0.25) is 9.89 Å². The van der Waals surface area contributed by atoms with Gasteiger partial charge in [0.1, 0.15) is 5.76 Å². The van der Waals surface area contributed by atoms with Gasteiger partial charge in [0.05, 0.1) is 18.4 Å². The maximum absolute atomic E-state index is 5.75. The van der Waals surface area contributed by atoms with Crippen molar-refractivity contribution in [3.63, 3.8) is 0 Å². The van der Waals surface area contributed by atoms with E-state index in [4.69, 9.17) is 9.15 Å². The Hall–Kier alpha value is -0.800. The first kappa shape index (κ1) is 23.2. The fourth-order valence-corrected chi connectivity index (χ4v) is 3.55. The maximum Gasteiger partial charge on any atom is 0.193 e. The number of ether oxygens (including phenoxy) is 1. The van der Waals surface area contributed by atoms with E-state index in [-0.39, 0.29) is 30.0 Å². The van der Waals surface area contributed by atoms with E-state index in [0.717, 1.165) is 63.9 Å². The summed E-state index contributed by atoms with van der Waals surface area (Å²) >= 11 is 0. The summed E-state index contributed by atoms with van der Waals surface area (Å²) in [5.74, 6) is 1.97. The highest BCUT2D eigenvalue weighted by Crippen LogP contribution is 2.20. The van der Waals surface area contributed by atoms with Crippen molar-refractivity contribution in [1.29, 1.82) is 0 Å². The molecule has 1 saturated heterocycles. The van der Waals surface area contributed by atoms with Gasteiger partial charge in [-0.05, 0) is 45.0 Å². The Morgan fingerprint density at radius 2 is 2.04 bits per heavy atom. The molecule has 0 saturated carbocycles. The third-order valence-corrected chi connectivity index (χ3v) is 4.93. The standard InChI is InChI=1S/C19H34N4O2.HI/c1-5-22(6-2)17(18-9-8-14-25-18)15-21-19(20-4)23-12-10-16(11-13-23)24-7-3;/h8-9,14,16-17H,5-7,10-13,15H2,1-4H3,(H,20,21);1H. The lowest BCUT2D eigenvalue weighted by Gasteiger charge is -2.35. The van der Waals surface area contributed by atoms with E-state index in [1.165, 1.54) is 0 Å². The number of nitrogens with zero attached hydrogens (tertiary/aromatic N) is 3. The molecule has 2 heterocycles. The van der Waals surface area contributed by atoms with E-state index in [2.05, 4.69) is 46.9 Å². The number of guanidine groups is 1. The second kappa shape index (κ2) is 12.6. The second-order valence-electron chi connectivity index (χ2n) is 6.32. The number of likely N-dealkylation sites (tertiary alicyclic amines) is 1. The summed E-state index contributed by atoms with van der Waals surface area (Å²) in [5.41, 5.74) is 0. The first-order valence-corrected chi connectivity index (χ1v) is 9.58. The monoisotopic (exact) mass is 478 g/mol. The summed E-state index contributed by atoms with van der Waals surface area (Å²) in [5, 5.41) is 3.56. The van der Waals surface area contributed by atoms with Crippen LogP contribution >= 0.6 is 24.0 Å². The summed E-state index contributed by atoms with van der Waals surface area (Å²) in [6.07, 6.45) is 4.27. The first-order chi connectivity index (χ1) is 12.2. The van der Waals surface area contributed by atoms with Crippen LogP contribution in [0.4, 0.5) is 0 Å². The van der Waals surface area contributed by atoms with Crippen LogP contribution in [0.2, 0.25) is 0 Å². The molecule has 1 aromatic rings. The molecule has 1 aliphatic rings. The van der Waals surface area contributed by atoms with Gasteiger partial charge in [0.25, 0.3) is 0 Å². The molecular weight excluding hydrogens is 443 g/mol. The average Bonchev–Trinajstić information content (AvgIpc) is 3.17. The Balaban J connectivity index is 0.00000338. The zero-order valence-electron chi connectivity index (χ0n) is 16.6. The lowest BCUT2D eigenvalue weighted by Crippen LogP contribution is -2.49. The molecule has 2 rings (SSSR count). The number of piperidine rings is 1. The van der Waals surface area contributed by atoms with Crippen molar-refractivity contribution in [2.75, 3.05) is 46.4 Å². The molecule has 1 N–H and O–H groups in total. The normalized spacial score (nSPS) is 17.3. The lowest BCUT2D eigenvalue weighted by atomic mass is 10.1. The smallest absolute Gasteiger partial charge is 0.193 e. The van der Waals surface area contributed by atoms with E-state index < -0.39 is 0 Å². The van der Waals surface area contributed by atoms with E-state index in [1.807, 2.05) is 13.1 Å². The van der Waals surface area contributed by atoms with Crippen molar-refractivity contribution in [3.05, 3.63) is 24.2 Å². The highest BCUT2D eigenvalue weighted by molar-refractivity contribution is 14.0. The molecule has 0 radical (unpaired) electrons. The quantitative estimate of drug-likeness (QED) is 0.353. The number of halogens is 1. The fourth-order valence-electron chi connectivity index (χ4n) is 3.55. The van der Waals surface area contributed by atoms with Gasteiger partial charge >= 0.3 is 0 Å². The number of hydrogen-bond acceptors (Lipinski definition) is 4. The van der Waals surface area contributed by atoms with Crippen LogP contribution in [0, 0.1) is 0 Å².